The first kappa shape index (κ1) is 29.6. The van der Waals surface area contributed by atoms with Crippen LogP contribution in [0.4, 0.5) is 11.4 Å². The van der Waals surface area contributed by atoms with Crippen molar-refractivity contribution in [3.63, 3.8) is 0 Å². The number of benzene rings is 2. The van der Waals surface area contributed by atoms with Crippen LogP contribution in [0.1, 0.15) is 56.6 Å². The van der Waals surface area contributed by atoms with Gasteiger partial charge in [0.1, 0.15) is 0 Å². The highest BCUT2D eigenvalue weighted by atomic mass is 16.2. The molecule has 0 radical (unpaired) electrons. The van der Waals surface area contributed by atoms with E-state index in [1.807, 2.05) is 24.3 Å². The van der Waals surface area contributed by atoms with E-state index < -0.39 is 10.8 Å². The predicted octanol–water partition coefficient (Wildman–Crippen LogP) is 2.67. The molecule has 0 aromatic heterocycles. The van der Waals surface area contributed by atoms with Crippen LogP contribution in [0, 0.1) is 10.8 Å². The third kappa shape index (κ3) is 6.53. The van der Waals surface area contributed by atoms with Crippen LogP contribution in [-0.4, -0.2) is 50.0 Å². The summed E-state index contributed by atoms with van der Waals surface area (Å²) >= 11 is 0. The molecule has 216 valence electrons. The van der Waals surface area contributed by atoms with Crippen LogP contribution >= 0.6 is 0 Å². The zero-order valence-corrected chi connectivity index (χ0v) is 23.3. The van der Waals surface area contributed by atoms with Gasteiger partial charge in [0, 0.05) is 30.8 Å². The Bertz CT molecular complexity index is 1260. The highest BCUT2D eigenvalue weighted by Crippen LogP contribution is 2.57. The number of hydrogen-bond acceptors (Lipinski definition) is 6. The molecule has 3 saturated carbocycles. The molecule has 0 saturated heterocycles. The lowest BCUT2D eigenvalue weighted by molar-refractivity contribution is -0.150. The SMILES string of the molecule is CC(=O)N(C=O)c1ccc(CCNC(=O)C23CCC(C(=O)NCCc4ccc(N(C=O)C=O)cc4)(CC2)CC3)cc1. The molecule has 2 aromatic rings. The molecule has 10 nitrogen and oxygen atoms in total. The van der Waals surface area contributed by atoms with Crippen molar-refractivity contribution in [2.75, 3.05) is 22.9 Å². The smallest absolute Gasteiger partial charge is 0.230 e. The zero-order valence-electron chi connectivity index (χ0n) is 23.3. The summed E-state index contributed by atoms with van der Waals surface area (Å²) in [4.78, 5) is 72.8. The van der Waals surface area contributed by atoms with E-state index in [9.17, 15) is 28.8 Å². The quantitative estimate of drug-likeness (QED) is 0.362. The topological polar surface area (TPSA) is 133 Å². The van der Waals surface area contributed by atoms with Gasteiger partial charge in [-0.3, -0.25) is 38.6 Å². The fourth-order valence-corrected chi connectivity index (χ4v) is 6.00. The van der Waals surface area contributed by atoms with E-state index in [2.05, 4.69) is 10.6 Å². The van der Waals surface area contributed by atoms with Gasteiger partial charge in [-0.05, 0) is 86.8 Å². The molecule has 0 aliphatic heterocycles. The summed E-state index contributed by atoms with van der Waals surface area (Å²) in [6.45, 7) is 2.30. The maximum Gasteiger partial charge on any atom is 0.230 e. The van der Waals surface area contributed by atoms with Crippen LogP contribution in [0.5, 0.6) is 0 Å². The normalized spacial score (nSPS) is 20.9. The molecule has 2 N–H and O–H groups in total. The predicted molar refractivity (Wildman–Crippen MR) is 153 cm³/mol. The fourth-order valence-electron chi connectivity index (χ4n) is 6.00. The van der Waals surface area contributed by atoms with E-state index in [1.54, 1.807) is 24.3 Å². The first-order chi connectivity index (χ1) is 19.8. The Morgan fingerprint density at radius 3 is 1.39 bits per heavy atom. The highest BCUT2D eigenvalue weighted by Gasteiger charge is 2.55. The first-order valence-electron chi connectivity index (χ1n) is 13.9. The molecule has 0 atom stereocenters. The summed E-state index contributed by atoms with van der Waals surface area (Å²) in [6, 6.07) is 14.2. The highest BCUT2D eigenvalue weighted by molar-refractivity contribution is 6.05. The molecule has 2 aromatic carbocycles. The second kappa shape index (κ2) is 12.9. The molecular weight excluding hydrogens is 524 g/mol. The minimum absolute atomic E-state index is 0.0530. The van der Waals surface area contributed by atoms with Gasteiger partial charge in [0.05, 0.1) is 11.4 Å². The van der Waals surface area contributed by atoms with Gasteiger partial charge in [0.15, 0.2) is 0 Å². The van der Waals surface area contributed by atoms with Crippen LogP contribution in [0.3, 0.4) is 0 Å². The Labute approximate surface area is 239 Å². The molecule has 3 fully saturated rings. The Kier molecular flexibility index (Phi) is 9.31. The number of hydrogen-bond donors (Lipinski definition) is 2. The summed E-state index contributed by atoms with van der Waals surface area (Å²) in [7, 11) is 0. The van der Waals surface area contributed by atoms with E-state index in [4.69, 9.17) is 0 Å². The van der Waals surface area contributed by atoms with Crippen molar-refractivity contribution in [1.29, 1.82) is 0 Å². The summed E-state index contributed by atoms with van der Waals surface area (Å²) in [5.74, 6) is -0.247. The van der Waals surface area contributed by atoms with Crippen LogP contribution in [0.2, 0.25) is 0 Å². The number of carbonyl (C=O) groups is 6. The van der Waals surface area contributed by atoms with Crippen LogP contribution in [0.15, 0.2) is 48.5 Å². The van der Waals surface area contributed by atoms with Crippen molar-refractivity contribution >= 4 is 48.3 Å². The minimum Gasteiger partial charge on any atom is -0.355 e. The second-order valence-electron chi connectivity index (χ2n) is 11.0. The van der Waals surface area contributed by atoms with Crippen LogP contribution in [-0.2, 0) is 41.6 Å². The zero-order chi connectivity index (χ0) is 29.5. The van der Waals surface area contributed by atoms with Crippen molar-refractivity contribution < 1.29 is 28.8 Å². The number of imide groups is 2. The average Bonchev–Trinajstić information content (AvgIpc) is 3.00. The fraction of sp³-hybridized carbons (Fsp3) is 0.419. The number of rotatable bonds is 13. The Balaban J connectivity index is 1.21. The molecule has 10 heteroatoms. The average molecular weight is 561 g/mol. The monoisotopic (exact) mass is 560 g/mol. The lowest BCUT2D eigenvalue weighted by atomic mass is 9.53. The molecule has 41 heavy (non-hydrogen) atoms. The molecule has 0 heterocycles. The van der Waals surface area contributed by atoms with Gasteiger partial charge in [0.2, 0.25) is 37.0 Å². The number of anilines is 2. The lowest BCUT2D eigenvalue weighted by Crippen LogP contribution is -2.55. The number of carbonyl (C=O) groups excluding carboxylic acids is 6. The van der Waals surface area contributed by atoms with Gasteiger partial charge >= 0.3 is 0 Å². The van der Waals surface area contributed by atoms with Crippen molar-refractivity contribution in [1.82, 2.24) is 10.6 Å². The number of nitrogens with one attached hydrogen (secondary N) is 2. The Morgan fingerprint density at radius 1 is 0.659 bits per heavy atom. The lowest BCUT2D eigenvalue weighted by Gasteiger charge is -2.51. The van der Waals surface area contributed by atoms with Crippen LogP contribution < -0.4 is 20.4 Å². The molecule has 3 aliphatic carbocycles. The third-order valence-electron chi connectivity index (χ3n) is 8.73. The van der Waals surface area contributed by atoms with Crippen LogP contribution in [0.25, 0.3) is 0 Å². The summed E-state index contributed by atoms with van der Waals surface area (Å²) in [5.41, 5.74) is 2.14. The second-order valence-corrected chi connectivity index (χ2v) is 11.0. The van der Waals surface area contributed by atoms with E-state index in [0.717, 1.165) is 20.9 Å². The van der Waals surface area contributed by atoms with E-state index in [0.29, 0.717) is 95.1 Å². The van der Waals surface area contributed by atoms with Gasteiger partial charge in [-0.2, -0.15) is 0 Å². The standard InChI is InChI=1S/C31H36N4O6/c1-23(39)35(22-38)27-8-4-25(5-9-27)11-19-33-29(41)31-15-12-30(13-16-31,14-17-31)28(40)32-18-10-24-2-6-26(7-3-24)34(20-36)21-37/h2-9,20-22H,10-19H2,1H3,(H,32,40)(H,33,41). The van der Waals surface area contributed by atoms with Crippen molar-refractivity contribution in [3.05, 3.63) is 59.7 Å². The Morgan fingerprint density at radius 2 is 1.05 bits per heavy atom. The molecular formula is C31H36N4O6. The number of fused-ring (bicyclic) bond motifs is 3. The summed E-state index contributed by atoms with van der Waals surface area (Å²) < 4.78 is 0. The molecule has 0 unspecified atom stereocenters. The van der Waals surface area contributed by atoms with Gasteiger partial charge < -0.3 is 10.6 Å². The van der Waals surface area contributed by atoms with Crippen molar-refractivity contribution in [2.24, 2.45) is 10.8 Å². The van der Waals surface area contributed by atoms with Gasteiger partial charge in [-0.25, -0.2) is 0 Å². The molecule has 5 rings (SSSR count). The molecule has 2 bridgehead atoms. The maximum atomic E-state index is 13.2. The molecule has 3 aliphatic rings. The van der Waals surface area contributed by atoms with E-state index in [-0.39, 0.29) is 17.7 Å². The minimum atomic E-state index is -0.420. The largest absolute Gasteiger partial charge is 0.355 e. The molecule has 0 spiro atoms. The van der Waals surface area contributed by atoms with Gasteiger partial charge in [-0.15, -0.1) is 0 Å². The van der Waals surface area contributed by atoms with E-state index in [1.165, 1.54) is 6.92 Å². The number of nitrogens with zero attached hydrogens (tertiary/aromatic N) is 2. The first-order valence-corrected chi connectivity index (χ1v) is 13.9. The van der Waals surface area contributed by atoms with E-state index >= 15 is 0 Å². The van der Waals surface area contributed by atoms with Crippen molar-refractivity contribution in [3.8, 4) is 0 Å². The Hall–Kier alpha value is -4.34. The number of amides is 6. The third-order valence-corrected chi connectivity index (χ3v) is 8.73. The summed E-state index contributed by atoms with van der Waals surface area (Å²) in [6.07, 6.45) is 6.83. The van der Waals surface area contributed by atoms with Gasteiger partial charge in [-0.1, -0.05) is 24.3 Å². The van der Waals surface area contributed by atoms with Gasteiger partial charge in [0.25, 0.3) is 0 Å². The van der Waals surface area contributed by atoms with Crippen molar-refractivity contribution in [2.45, 2.75) is 58.3 Å². The summed E-state index contributed by atoms with van der Waals surface area (Å²) in [5, 5.41) is 6.18. The molecule has 6 amide bonds. The maximum absolute atomic E-state index is 13.2.